The first-order chi connectivity index (χ1) is 9.69. The second-order valence-electron chi connectivity index (χ2n) is 4.97. The number of hydrogen-bond acceptors (Lipinski definition) is 4. The molecule has 1 saturated heterocycles. The maximum Gasteiger partial charge on any atom is 0.217 e. The Morgan fingerprint density at radius 2 is 2.30 bits per heavy atom. The average Bonchev–Trinajstić information content (AvgIpc) is 2.85. The number of likely N-dealkylation sites (tertiary alicyclic amines) is 1. The van der Waals surface area contributed by atoms with Crippen molar-refractivity contribution in [1.29, 1.82) is 0 Å². The number of hydrogen-bond donors (Lipinski definition) is 2. The van der Waals surface area contributed by atoms with Crippen LogP contribution >= 0.6 is 11.3 Å². The van der Waals surface area contributed by atoms with Crippen LogP contribution in [-0.2, 0) is 11.3 Å². The van der Waals surface area contributed by atoms with Crippen LogP contribution in [0.25, 0.3) is 0 Å². The number of carbonyl (C=O) groups is 1. The number of nitrogens with zero attached hydrogens (tertiary/aromatic N) is 1. The molecule has 1 aromatic rings. The molecule has 20 heavy (non-hydrogen) atoms. The Balaban J connectivity index is 1.86. The van der Waals surface area contributed by atoms with Gasteiger partial charge in [0.1, 0.15) is 6.61 Å². The normalized spacial score (nSPS) is 16.5. The summed E-state index contributed by atoms with van der Waals surface area (Å²) in [5.74, 6) is 5.76. The molecule has 4 nitrogen and oxygen atoms in total. The van der Waals surface area contributed by atoms with Gasteiger partial charge in [0.15, 0.2) is 0 Å². The predicted molar refractivity (Wildman–Crippen MR) is 80.4 cm³/mol. The third-order valence-electron chi connectivity index (χ3n) is 3.41. The first-order valence-corrected chi connectivity index (χ1v) is 7.72. The van der Waals surface area contributed by atoms with Gasteiger partial charge in [-0.2, -0.15) is 0 Å². The second kappa shape index (κ2) is 7.44. The van der Waals surface area contributed by atoms with Crippen LogP contribution in [0.2, 0.25) is 0 Å². The van der Waals surface area contributed by atoms with Crippen molar-refractivity contribution in [2.45, 2.75) is 32.4 Å². The van der Waals surface area contributed by atoms with Gasteiger partial charge in [0.25, 0.3) is 0 Å². The minimum atomic E-state index is -0.0998. The van der Waals surface area contributed by atoms with E-state index in [1.165, 1.54) is 4.88 Å². The smallest absolute Gasteiger partial charge is 0.217 e. The Labute approximate surface area is 123 Å². The SMILES string of the molecule is CC(=O)NC1CCN(Cc2sccc2C#CCO)CC1. The van der Waals surface area contributed by atoms with Crippen molar-refractivity contribution >= 4 is 17.2 Å². The maximum absolute atomic E-state index is 11.0. The van der Waals surface area contributed by atoms with Gasteiger partial charge >= 0.3 is 0 Å². The first kappa shape index (κ1) is 15.0. The van der Waals surface area contributed by atoms with Crippen molar-refractivity contribution in [2.75, 3.05) is 19.7 Å². The molecule has 108 valence electrons. The van der Waals surface area contributed by atoms with Crippen LogP contribution in [0.15, 0.2) is 11.4 Å². The highest BCUT2D eigenvalue weighted by atomic mass is 32.1. The van der Waals surface area contributed by atoms with E-state index < -0.39 is 0 Å². The average molecular weight is 292 g/mol. The van der Waals surface area contributed by atoms with Crippen LogP contribution < -0.4 is 5.32 Å². The standard InChI is InChI=1S/C15H20N2O2S/c1-12(19)16-14-4-7-17(8-5-14)11-15-13(3-2-9-18)6-10-20-15/h6,10,14,18H,4-5,7-9,11H2,1H3,(H,16,19). The largest absolute Gasteiger partial charge is 0.384 e. The molecule has 0 bridgehead atoms. The highest BCUT2D eigenvalue weighted by Crippen LogP contribution is 2.20. The quantitative estimate of drug-likeness (QED) is 0.823. The van der Waals surface area contributed by atoms with E-state index in [0.29, 0.717) is 6.04 Å². The van der Waals surface area contributed by atoms with Crippen LogP contribution in [0, 0.1) is 11.8 Å². The molecule has 1 aromatic heterocycles. The number of rotatable bonds is 3. The Bertz CT molecular complexity index is 507. The summed E-state index contributed by atoms with van der Waals surface area (Å²) < 4.78 is 0. The fourth-order valence-corrected chi connectivity index (χ4v) is 3.31. The predicted octanol–water partition coefficient (Wildman–Crippen LogP) is 1.19. The molecule has 2 heterocycles. The van der Waals surface area contributed by atoms with E-state index in [1.807, 2.05) is 11.4 Å². The molecule has 0 atom stereocenters. The van der Waals surface area contributed by atoms with Gasteiger partial charge in [-0.15, -0.1) is 11.3 Å². The number of piperidine rings is 1. The lowest BCUT2D eigenvalue weighted by Crippen LogP contribution is -2.43. The highest BCUT2D eigenvalue weighted by molar-refractivity contribution is 7.10. The first-order valence-electron chi connectivity index (χ1n) is 6.84. The zero-order chi connectivity index (χ0) is 14.4. The molecule has 2 N–H and O–H groups in total. The molecule has 1 fully saturated rings. The lowest BCUT2D eigenvalue weighted by Gasteiger charge is -2.31. The van der Waals surface area contributed by atoms with Crippen molar-refractivity contribution < 1.29 is 9.90 Å². The summed E-state index contributed by atoms with van der Waals surface area (Å²) in [7, 11) is 0. The summed E-state index contributed by atoms with van der Waals surface area (Å²) in [6.45, 7) is 4.37. The van der Waals surface area contributed by atoms with Crippen LogP contribution in [0.5, 0.6) is 0 Å². The van der Waals surface area contributed by atoms with Crippen LogP contribution in [0.1, 0.15) is 30.2 Å². The number of nitrogens with one attached hydrogen (secondary N) is 1. The summed E-state index contributed by atoms with van der Waals surface area (Å²) in [6.07, 6.45) is 2.01. The molecule has 1 aliphatic heterocycles. The second-order valence-corrected chi connectivity index (χ2v) is 5.97. The Hall–Kier alpha value is -1.35. The third-order valence-corrected chi connectivity index (χ3v) is 4.32. The molecule has 0 aromatic carbocycles. The Morgan fingerprint density at radius 1 is 1.55 bits per heavy atom. The monoisotopic (exact) mass is 292 g/mol. The van der Waals surface area contributed by atoms with E-state index in [9.17, 15) is 4.79 Å². The van der Waals surface area contributed by atoms with Crippen molar-refractivity contribution in [3.05, 3.63) is 21.9 Å². The van der Waals surface area contributed by atoms with Crippen LogP contribution in [-0.4, -0.2) is 41.7 Å². The molecule has 0 radical (unpaired) electrons. The van der Waals surface area contributed by atoms with Gasteiger partial charge in [-0.05, 0) is 24.3 Å². The van der Waals surface area contributed by atoms with Crippen molar-refractivity contribution in [3.63, 3.8) is 0 Å². The van der Waals surface area contributed by atoms with E-state index >= 15 is 0 Å². The fourth-order valence-electron chi connectivity index (χ4n) is 2.44. The van der Waals surface area contributed by atoms with Crippen molar-refractivity contribution in [3.8, 4) is 11.8 Å². The van der Waals surface area contributed by atoms with Gasteiger partial charge < -0.3 is 10.4 Å². The summed E-state index contributed by atoms with van der Waals surface area (Å²) in [5.41, 5.74) is 1.02. The molecular formula is C15H20N2O2S. The van der Waals surface area contributed by atoms with Crippen molar-refractivity contribution in [1.82, 2.24) is 10.2 Å². The number of aliphatic hydroxyl groups excluding tert-OH is 1. The van der Waals surface area contributed by atoms with Gasteiger partial charge in [0.2, 0.25) is 5.91 Å². The van der Waals surface area contributed by atoms with Gasteiger partial charge in [0.05, 0.1) is 0 Å². The molecule has 5 heteroatoms. The van der Waals surface area contributed by atoms with Crippen LogP contribution in [0.3, 0.4) is 0 Å². The fraction of sp³-hybridized carbons (Fsp3) is 0.533. The minimum absolute atomic E-state index is 0.0586. The molecule has 0 aliphatic carbocycles. The molecule has 2 rings (SSSR count). The molecule has 0 unspecified atom stereocenters. The molecular weight excluding hydrogens is 272 g/mol. The highest BCUT2D eigenvalue weighted by Gasteiger charge is 2.20. The van der Waals surface area contributed by atoms with Gasteiger partial charge in [-0.1, -0.05) is 11.8 Å². The molecule has 1 aliphatic rings. The summed E-state index contributed by atoms with van der Waals surface area (Å²) in [4.78, 5) is 14.7. The lowest BCUT2D eigenvalue weighted by atomic mass is 10.0. The third kappa shape index (κ3) is 4.34. The number of amides is 1. The van der Waals surface area contributed by atoms with Gasteiger partial charge in [0, 0.05) is 43.0 Å². The van der Waals surface area contributed by atoms with Gasteiger partial charge in [-0.25, -0.2) is 0 Å². The van der Waals surface area contributed by atoms with Crippen molar-refractivity contribution in [2.24, 2.45) is 0 Å². The van der Waals surface area contributed by atoms with E-state index in [4.69, 9.17) is 5.11 Å². The minimum Gasteiger partial charge on any atom is -0.384 e. The number of thiophene rings is 1. The van der Waals surface area contributed by atoms with Crippen LogP contribution in [0.4, 0.5) is 0 Å². The van der Waals surface area contributed by atoms with E-state index in [0.717, 1.165) is 38.0 Å². The summed E-state index contributed by atoms with van der Waals surface area (Å²) >= 11 is 1.71. The summed E-state index contributed by atoms with van der Waals surface area (Å²) in [6, 6.07) is 2.33. The lowest BCUT2D eigenvalue weighted by molar-refractivity contribution is -0.119. The molecule has 0 spiro atoms. The van der Waals surface area contributed by atoms with E-state index in [2.05, 4.69) is 22.1 Å². The molecule has 1 amide bonds. The zero-order valence-electron chi connectivity index (χ0n) is 11.7. The summed E-state index contributed by atoms with van der Waals surface area (Å²) in [5, 5.41) is 13.8. The maximum atomic E-state index is 11.0. The number of aliphatic hydroxyl groups is 1. The van der Waals surface area contributed by atoms with E-state index in [1.54, 1.807) is 18.3 Å². The van der Waals surface area contributed by atoms with Gasteiger partial charge in [-0.3, -0.25) is 9.69 Å². The number of carbonyl (C=O) groups excluding carboxylic acids is 1. The topological polar surface area (TPSA) is 52.6 Å². The Morgan fingerprint density at radius 3 is 2.95 bits per heavy atom. The zero-order valence-corrected chi connectivity index (χ0v) is 12.5. The van der Waals surface area contributed by atoms with E-state index in [-0.39, 0.29) is 12.5 Å². The molecule has 0 saturated carbocycles. The Kier molecular flexibility index (Phi) is 5.60.